The van der Waals surface area contributed by atoms with Crippen LogP contribution in [0.5, 0.6) is 0 Å². The molecule has 0 bridgehead atoms. The fourth-order valence-corrected chi connectivity index (χ4v) is 4.14. The number of pyridine rings is 1. The Kier molecular flexibility index (Phi) is 4.06. The summed E-state index contributed by atoms with van der Waals surface area (Å²) in [4.78, 5) is 4.56. The van der Waals surface area contributed by atoms with Crippen molar-refractivity contribution in [1.29, 1.82) is 0 Å². The first kappa shape index (κ1) is 17.5. The van der Waals surface area contributed by atoms with Gasteiger partial charge in [-0.05, 0) is 56.1 Å². The predicted molar refractivity (Wildman–Crippen MR) is 111 cm³/mol. The maximum atomic E-state index is 10.4. The molecule has 4 aromatic rings. The molecule has 131 valence electrons. The fourth-order valence-electron chi connectivity index (χ4n) is 2.90. The number of benzene rings is 2. The van der Waals surface area contributed by atoms with Gasteiger partial charge in [0.1, 0.15) is 0 Å². The summed E-state index contributed by atoms with van der Waals surface area (Å²) in [5, 5.41) is 13.9. The zero-order valence-electron chi connectivity index (χ0n) is 15.4. The number of aliphatic hydroxyl groups is 1. The first-order chi connectivity index (χ1) is 12.3. The van der Waals surface area contributed by atoms with E-state index in [9.17, 15) is 5.11 Å². The SMILES string of the molecule is CC(C)(O)C(C)(C)O[B]c1cccc2ccc3c4ncccc4sc3c12. The minimum atomic E-state index is -0.953. The first-order valence-corrected chi connectivity index (χ1v) is 9.52. The largest absolute Gasteiger partial charge is 0.427 e. The minimum absolute atomic E-state index is 0.704. The molecule has 5 heteroatoms. The Bertz CT molecular complexity index is 1110. The van der Waals surface area contributed by atoms with Gasteiger partial charge in [-0.15, -0.1) is 11.3 Å². The lowest BCUT2D eigenvalue weighted by Crippen LogP contribution is -2.49. The molecule has 0 fully saturated rings. The Balaban J connectivity index is 1.87. The molecule has 1 radical (unpaired) electrons. The lowest BCUT2D eigenvalue weighted by Gasteiger charge is -2.37. The summed E-state index contributed by atoms with van der Waals surface area (Å²) in [6.07, 6.45) is 1.84. The average Bonchev–Trinajstić information content (AvgIpc) is 2.97. The molecule has 0 aliphatic carbocycles. The highest BCUT2D eigenvalue weighted by Crippen LogP contribution is 2.36. The van der Waals surface area contributed by atoms with Gasteiger partial charge in [0.2, 0.25) is 0 Å². The van der Waals surface area contributed by atoms with Crippen LogP contribution in [0.3, 0.4) is 0 Å². The Hall–Kier alpha value is -1.95. The summed E-state index contributed by atoms with van der Waals surface area (Å²) in [5.74, 6) is 0. The van der Waals surface area contributed by atoms with Crippen molar-refractivity contribution in [2.75, 3.05) is 0 Å². The van der Waals surface area contributed by atoms with E-state index in [-0.39, 0.29) is 0 Å². The highest BCUT2D eigenvalue weighted by molar-refractivity contribution is 7.26. The van der Waals surface area contributed by atoms with Crippen LogP contribution in [0.25, 0.3) is 31.1 Å². The molecule has 0 atom stereocenters. The van der Waals surface area contributed by atoms with Crippen LogP contribution in [0.1, 0.15) is 27.7 Å². The molecule has 0 aliphatic heterocycles. The van der Waals surface area contributed by atoms with Crippen LogP contribution in [0.15, 0.2) is 48.7 Å². The Morgan fingerprint density at radius 1 is 1.04 bits per heavy atom. The summed E-state index contributed by atoms with van der Waals surface area (Å²) in [6.45, 7) is 7.32. The molecule has 2 aromatic carbocycles. The molecule has 0 spiro atoms. The van der Waals surface area contributed by atoms with Gasteiger partial charge in [0.25, 0.3) is 0 Å². The van der Waals surface area contributed by atoms with E-state index < -0.39 is 11.2 Å². The Morgan fingerprint density at radius 3 is 2.62 bits per heavy atom. The molecule has 0 aliphatic rings. The van der Waals surface area contributed by atoms with E-state index in [4.69, 9.17) is 4.65 Å². The van der Waals surface area contributed by atoms with Gasteiger partial charge >= 0.3 is 7.48 Å². The van der Waals surface area contributed by atoms with Crippen molar-refractivity contribution in [2.24, 2.45) is 0 Å². The van der Waals surface area contributed by atoms with Gasteiger partial charge in [0.15, 0.2) is 0 Å². The molecule has 2 heterocycles. The van der Waals surface area contributed by atoms with Gasteiger partial charge in [-0.2, -0.15) is 0 Å². The molecule has 3 nitrogen and oxygen atoms in total. The zero-order valence-corrected chi connectivity index (χ0v) is 16.2. The topological polar surface area (TPSA) is 42.4 Å². The van der Waals surface area contributed by atoms with Crippen LogP contribution < -0.4 is 5.46 Å². The molecular weight excluding hydrogens is 341 g/mol. The second-order valence-electron chi connectivity index (χ2n) is 7.64. The molecule has 0 amide bonds. The van der Waals surface area contributed by atoms with E-state index >= 15 is 0 Å². The van der Waals surface area contributed by atoms with E-state index in [1.165, 1.54) is 25.6 Å². The summed E-state index contributed by atoms with van der Waals surface area (Å²) in [6, 6.07) is 14.6. The summed E-state index contributed by atoms with van der Waals surface area (Å²) in [5.41, 5.74) is 0.398. The van der Waals surface area contributed by atoms with E-state index in [2.05, 4.69) is 35.3 Å². The predicted octanol–water partition coefficient (Wildman–Crippen LogP) is 4.41. The lowest BCUT2D eigenvalue weighted by atomic mass is 9.80. The van der Waals surface area contributed by atoms with Crippen molar-refractivity contribution >= 4 is 55.4 Å². The Morgan fingerprint density at radius 2 is 1.85 bits per heavy atom. The van der Waals surface area contributed by atoms with Gasteiger partial charge in [-0.25, -0.2) is 0 Å². The maximum Gasteiger partial charge on any atom is 0.331 e. The molecule has 26 heavy (non-hydrogen) atoms. The Labute approximate surface area is 157 Å². The highest BCUT2D eigenvalue weighted by atomic mass is 32.1. The molecule has 0 saturated heterocycles. The van der Waals surface area contributed by atoms with E-state index in [1.807, 2.05) is 32.2 Å². The van der Waals surface area contributed by atoms with Crippen molar-refractivity contribution < 1.29 is 9.76 Å². The molecule has 0 unspecified atom stereocenters. The number of rotatable bonds is 4. The van der Waals surface area contributed by atoms with Crippen molar-refractivity contribution in [2.45, 2.75) is 38.9 Å². The average molecular weight is 362 g/mol. The van der Waals surface area contributed by atoms with Gasteiger partial charge in [-0.3, -0.25) is 4.98 Å². The van der Waals surface area contributed by atoms with E-state index in [1.54, 1.807) is 32.7 Å². The van der Waals surface area contributed by atoms with Crippen LogP contribution in [0.4, 0.5) is 0 Å². The smallest absolute Gasteiger partial charge is 0.331 e. The second-order valence-corrected chi connectivity index (χ2v) is 8.70. The van der Waals surface area contributed by atoms with Gasteiger partial charge in [0.05, 0.1) is 21.4 Å². The van der Waals surface area contributed by atoms with Gasteiger partial charge < -0.3 is 9.76 Å². The van der Waals surface area contributed by atoms with Crippen LogP contribution >= 0.6 is 11.3 Å². The summed E-state index contributed by atoms with van der Waals surface area (Å²) >= 11 is 1.76. The monoisotopic (exact) mass is 362 g/mol. The molecule has 0 saturated carbocycles. The van der Waals surface area contributed by atoms with Crippen molar-refractivity contribution in [3.8, 4) is 0 Å². The van der Waals surface area contributed by atoms with E-state index in [0.29, 0.717) is 0 Å². The number of aromatic nitrogens is 1. The third kappa shape index (κ3) is 2.80. The van der Waals surface area contributed by atoms with E-state index in [0.717, 1.165) is 11.0 Å². The van der Waals surface area contributed by atoms with Gasteiger partial charge in [0, 0.05) is 16.3 Å². The zero-order chi connectivity index (χ0) is 18.5. The summed E-state index contributed by atoms with van der Waals surface area (Å²) in [7, 11) is 1.78. The van der Waals surface area contributed by atoms with Crippen molar-refractivity contribution in [1.82, 2.24) is 4.98 Å². The third-order valence-electron chi connectivity index (χ3n) is 5.22. The van der Waals surface area contributed by atoms with Crippen LogP contribution in [-0.4, -0.2) is 28.8 Å². The standard InChI is InChI=1S/C21H21BNO2S/c1-20(2,24)21(3,4)25-22-15-8-5-7-13-10-11-14-18-16(9-6-12-23-18)26-19(14)17(13)15/h5-12,24H,1-4H3. The fraction of sp³-hybridized carbons (Fsp3) is 0.286. The summed E-state index contributed by atoms with van der Waals surface area (Å²) < 4.78 is 8.42. The number of thiophene rings is 1. The lowest BCUT2D eigenvalue weighted by molar-refractivity contribution is -0.0893. The van der Waals surface area contributed by atoms with Crippen LogP contribution in [0, 0.1) is 0 Å². The minimum Gasteiger partial charge on any atom is -0.427 e. The van der Waals surface area contributed by atoms with Crippen LogP contribution in [-0.2, 0) is 4.65 Å². The van der Waals surface area contributed by atoms with Crippen molar-refractivity contribution in [3.63, 3.8) is 0 Å². The maximum absolute atomic E-state index is 10.4. The van der Waals surface area contributed by atoms with Crippen LogP contribution in [0.2, 0.25) is 0 Å². The number of nitrogens with zero attached hydrogens (tertiary/aromatic N) is 1. The third-order valence-corrected chi connectivity index (χ3v) is 6.40. The van der Waals surface area contributed by atoms with Gasteiger partial charge in [-0.1, -0.05) is 30.3 Å². The molecular formula is C21H21BNO2S. The molecule has 4 rings (SSSR count). The first-order valence-electron chi connectivity index (χ1n) is 8.70. The second kappa shape index (κ2) is 6.05. The number of hydrogen-bond acceptors (Lipinski definition) is 4. The highest BCUT2D eigenvalue weighted by Gasteiger charge is 2.35. The normalized spacial score (nSPS) is 13.0. The number of fused-ring (bicyclic) bond motifs is 5. The van der Waals surface area contributed by atoms with Crippen molar-refractivity contribution in [3.05, 3.63) is 48.7 Å². The molecule has 1 N–H and O–H groups in total. The quantitative estimate of drug-likeness (QED) is 0.547. The molecule has 2 aromatic heterocycles. The number of hydrogen-bond donors (Lipinski definition) is 1.